The summed E-state index contributed by atoms with van der Waals surface area (Å²) in [5.41, 5.74) is 0. The van der Waals surface area contributed by atoms with Gasteiger partial charge < -0.3 is 5.11 Å². The first kappa shape index (κ1) is 20.6. The van der Waals surface area contributed by atoms with Crippen LogP contribution in [0.15, 0.2) is 0 Å². The lowest BCUT2D eigenvalue weighted by molar-refractivity contribution is 0.169. The zero-order chi connectivity index (χ0) is 15.8. The summed E-state index contributed by atoms with van der Waals surface area (Å²) in [6.07, 6.45) is 19.2. The average molecular weight is 298 g/mol. The van der Waals surface area contributed by atoms with Crippen LogP contribution in [0.5, 0.6) is 0 Å². The lowest BCUT2D eigenvalue weighted by atomic mass is 9.96. The molecule has 0 aliphatic heterocycles. The molecule has 0 heterocycles. The van der Waals surface area contributed by atoms with Crippen LogP contribution in [0.4, 0.5) is 0 Å². The molecular weight excluding hydrogens is 260 g/mol. The van der Waals surface area contributed by atoms with Gasteiger partial charge in [0.15, 0.2) is 0 Å². The third-order valence-electron chi connectivity index (χ3n) is 4.20. The Labute approximate surface area is 132 Å². The van der Waals surface area contributed by atoms with Crippen molar-refractivity contribution in [2.24, 2.45) is 5.92 Å². The van der Waals surface area contributed by atoms with Crippen LogP contribution in [0.3, 0.4) is 0 Å². The van der Waals surface area contributed by atoms with E-state index in [2.05, 4.69) is 13.2 Å². The van der Waals surface area contributed by atoms with Crippen LogP contribution in [0, 0.1) is 5.92 Å². The molecule has 0 saturated carbocycles. The molecule has 2 unspecified atom stereocenters. The van der Waals surface area contributed by atoms with Crippen molar-refractivity contribution in [2.45, 2.75) is 110 Å². The molecule has 0 spiro atoms. The summed E-state index contributed by atoms with van der Waals surface area (Å²) in [5, 5.41) is 9.27. The molecule has 125 valence electrons. The second-order valence-electron chi connectivity index (χ2n) is 6.58. The van der Waals surface area contributed by atoms with Gasteiger partial charge in [-0.2, -0.15) is 0 Å². The first-order valence-electron chi connectivity index (χ1n) is 9.26. The summed E-state index contributed by atoms with van der Waals surface area (Å²) in [4.78, 5) is 10.7. The fraction of sp³-hybridized carbons (Fsp3) is 0.947. The van der Waals surface area contributed by atoms with E-state index >= 15 is 0 Å². The van der Waals surface area contributed by atoms with Crippen LogP contribution in [0.1, 0.15) is 104 Å². The number of aliphatic hydroxyl groups is 1. The molecule has 0 aromatic rings. The number of hydrogen-bond acceptors (Lipinski definition) is 2. The van der Waals surface area contributed by atoms with Crippen molar-refractivity contribution >= 4 is 6.29 Å². The van der Waals surface area contributed by atoms with Gasteiger partial charge in [-0.05, 0) is 19.8 Å². The van der Waals surface area contributed by atoms with Crippen LogP contribution in [-0.4, -0.2) is 17.5 Å². The van der Waals surface area contributed by atoms with Crippen molar-refractivity contribution in [1.29, 1.82) is 0 Å². The maximum atomic E-state index is 10.7. The average Bonchev–Trinajstić information content (AvgIpc) is 2.46. The van der Waals surface area contributed by atoms with Gasteiger partial charge in [0.25, 0.3) is 0 Å². The van der Waals surface area contributed by atoms with Crippen LogP contribution in [0.25, 0.3) is 0 Å². The maximum Gasteiger partial charge on any atom is 0.201 e. The first-order valence-corrected chi connectivity index (χ1v) is 9.26. The Morgan fingerprint density at radius 1 is 0.810 bits per heavy atom. The minimum Gasteiger partial charge on any atom is -0.393 e. The molecule has 0 amide bonds. The van der Waals surface area contributed by atoms with Crippen molar-refractivity contribution < 1.29 is 9.90 Å². The zero-order valence-electron chi connectivity index (χ0n) is 14.4. The number of aliphatic hydroxyl groups excluding tert-OH is 1. The summed E-state index contributed by atoms with van der Waals surface area (Å²) in [6, 6.07) is 0. The van der Waals surface area contributed by atoms with Crippen molar-refractivity contribution in [1.82, 2.24) is 0 Å². The van der Waals surface area contributed by atoms with Crippen molar-refractivity contribution in [3.05, 3.63) is 0 Å². The maximum absolute atomic E-state index is 10.7. The number of hydrogen-bond donors (Lipinski definition) is 1. The van der Waals surface area contributed by atoms with E-state index in [1.807, 2.05) is 0 Å². The molecule has 1 radical (unpaired) electrons. The Balaban J connectivity index is 3.19. The predicted molar refractivity (Wildman–Crippen MR) is 91.2 cm³/mol. The SMILES string of the molecule is CCCCCCCCCCCCCCC([C]=O)CC(C)O. The second kappa shape index (κ2) is 16.0. The summed E-state index contributed by atoms with van der Waals surface area (Å²) in [6.45, 7) is 4.01. The molecule has 0 aliphatic rings. The van der Waals surface area contributed by atoms with Gasteiger partial charge in [0, 0.05) is 5.92 Å². The zero-order valence-corrected chi connectivity index (χ0v) is 14.4. The molecule has 0 aliphatic carbocycles. The summed E-state index contributed by atoms with van der Waals surface area (Å²) in [5.74, 6) is -0.0619. The van der Waals surface area contributed by atoms with Crippen LogP contribution in [0.2, 0.25) is 0 Å². The smallest absolute Gasteiger partial charge is 0.201 e. The molecule has 0 fully saturated rings. The highest BCUT2D eigenvalue weighted by atomic mass is 16.3. The van der Waals surface area contributed by atoms with Crippen LogP contribution in [-0.2, 0) is 4.79 Å². The molecular formula is C19H37O2. The predicted octanol–water partition coefficient (Wildman–Crippen LogP) is 5.57. The molecule has 0 aromatic heterocycles. The van der Waals surface area contributed by atoms with E-state index < -0.39 is 0 Å². The normalized spacial score (nSPS) is 14.0. The van der Waals surface area contributed by atoms with Gasteiger partial charge in [0.1, 0.15) is 0 Å². The van der Waals surface area contributed by atoms with E-state index in [-0.39, 0.29) is 12.0 Å². The molecule has 1 N–H and O–H groups in total. The van der Waals surface area contributed by atoms with Crippen molar-refractivity contribution in [3.63, 3.8) is 0 Å². The van der Waals surface area contributed by atoms with Gasteiger partial charge in [-0.1, -0.05) is 84.0 Å². The third kappa shape index (κ3) is 15.8. The Kier molecular flexibility index (Phi) is 15.7. The van der Waals surface area contributed by atoms with Crippen LogP contribution >= 0.6 is 0 Å². The van der Waals surface area contributed by atoms with Crippen molar-refractivity contribution in [3.8, 4) is 0 Å². The lowest BCUT2D eigenvalue weighted by Gasteiger charge is -2.10. The van der Waals surface area contributed by atoms with Crippen molar-refractivity contribution in [2.75, 3.05) is 0 Å². The van der Waals surface area contributed by atoms with E-state index in [0.29, 0.717) is 6.42 Å². The molecule has 21 heavy (non-hydrogen) atoms. The monoisotopic (exact) mass is 297 g/mol. The third-order valence-corrected chi connectivity index (χ3v) is 4.20. The highest BCUT2D eigenvalue weighted by molar-refractivity contribution is 5.54. The number of unbranched alkanes of at least 4 members (excludes halogenated alkanes) is 11. The summed E-state index contributed by atoms with van der Waals surface area (Å²) in [7, 11) is 0. The van der Waals surface area contributed by atoms with Gasteiger partial charge in [-0.25, -0.2) is 0 Å². The lowest BCUT2D eigenvalue weighted by Crippen LogP contribution is -2.11. The molecule has 0 rings (SSSR count). The standard InChI is InChI=1S/C19H37O2/c1-3-4-5-6-7-8-9-10-11-12-13-14-15-19(17-20)16-18(2)21/h18-19,21H,3-16H2,1-2H3. The number of carbonyl (C=O) groups excluding carboxylic acids is 1. The minimum atomic E-state index is -0.381. The highest BCUT2D eigenvalue weighted by Gasteiger charge is 2.10. The Morgan fingerprint density at radius 2 is 1.24 bits per heavy atom. The van der Waals surface area contributed by atoms with E-state index in [9.17, 15) is 9.90 Å². The van der Waals surface area contributed by atoms with E-state index in [4.69, 9.17) is 0 Å². The van der Waals surface area contributed by atoms with Gasteiger partial charge in [0.05, 0.1) is 6.10 Å². The fourth-order valence-corrected chi connectivity index (χ4v) is 2.87. The Hall–Kier alpha value is -0.370. The Morgan fingerprint density at radius 3 is 1.62 bits per heavy atom. The molecule has 0 saturated heterocycles. The quantitative estimate of drug-likeness (QED) is 0.378. The highest BCUT2D eigenvalue weighted by Crippen LogP contribution is 2.16. The van der Waals surface area contributed by atoms with E-state index in [1.165, 1.54) is 70.6 Å². The van der Waals surface area contributed by atoms with Gasteiger partial charge in [-0.3, -0.25) is 4.79 Å². The molecule has 0 aromatic carbocycles. The minimum absolute atomic E-state index is 0.0619. The van der Waals surface area contributed by atoms with E-state index in [0.717, 1.165) is 12.8 Å². The molecule has 2 heteroatoms. The summed E-state index contributed by atoms with van der Waals surface area (Å²) < 4.78 is 0. The molecule has 2 nitrogen and oxygen atoms in total. The number of rotatable bonds is 16. The molecule has 0 bridgehead atoms. The summed E-state index contributed by atoms with van der Waals surface area (Å²) >= 11 is 0. The van der Waals surface area contributed by atoms with Gasteiger partial charge in [0.2, 0.25) is 6.29 Å². The van der Waals surface area contributed by atoms with Crippen LogP contribution < -0.4 is 0 Å². The van der Waals surface area contributed by atoms with Gasteiger partial charge in [-0.15, -0.1) is 0 Å². The second-order valence-corrected chi connectivity index (χ2v) is 6.58. The van der Waals surface area contributed by atoms with Gasteiger partial charge >= 0.3 is 0 Å². The molecule has 2 atom stereocenters. The fourth-order valence-electron chi connectivity index (χ4n) is 2.87. The largest absolute Gasteiger partial charge is 0.393 e. The topological polar surface area (TPSA) is 37.3 Å². The Bertz CT molecular complexity index is 214. The first-order chi connectivity index (χ1) is 10.2. The van der Waals surface area contributed by atoms with E-state index in [1.54, 1.807) is 6.92 Å².